The Morgan fingerprint density at radius 1 is 1.32 bits per heavy atom. The second kappa shape index (κ2) is 5.47. The highest BCUT2D eigenvalue weighted by atomic mass is 35.5. The number of nitrogens with zero attached hydrogens (tertiary/aromatic N) is 1. The van der Waals surface area contributed by atoms with E-state index in [0.717, 1.165) is 5.56 Å². The molecular formula is C13H11Cl2N3O. The number of pyridine rings is 1. The van der Waals surface area contributed by atoms with Crippen LogP contribution < -0.4 is 11.1 Å². The molecule has 0 radical (unpaired) electrons. The average Bonchev–Trinajstić information content (AvgIpc) is 2.33. The number of carbonyl (C=O) groups is 1. The fourth-order valence-corrected chi connectivity index (χ4v) is 2.19. The van der Waals surface area contributed by atoms with E-state index in [4.69, 9.17) is 28.9 Å². The number of rotatable bonds is 2. The minimum absolute atomic E-state index is 0.155. The number of carbonyl (C=O) groups excluding carboxylic acids is 1. The van der Waals surface area contributed by atoms with E-state index < -0.39 is 0 Å². The smallest absolute Gasteiger partial charge is 0.255 e. The Labute approximate surface area is 120 Å². The highest BCUT2D eigenvalue weighted by Gasteiger charge is 2.12. The first kappa shape index (κ1) is 13.6. The number of hydrogen-bond donors (Lipinski definition) is 2. The van der Waals surface area contributed by atoms with Crippen LogP contribution in [0.2, 0.25) is 10.3 Å². The lowest BCUT2D eigenvalue weighted by Gasteiger charge is -2.10. The molecule has 0 atom stereocenters. The van der Waals surface area contributed by atoms with Crippen LogP contribution in [0, 0.1) is 6.92 Å². The Bertz CT molecular complexity index is 621. The van der Waals surface area contributed by atoms with Crippen molar-refractivity contribution in [2.24, 2.45) is 0 Å². The van der Waals surface area contributed by atoms with Crippen LogP contribution in [0.5, 0.6) is 0 Å². The fraction of sp³-hybridized carbons (Fsp3) is 0.0769. The molecule has 0 saturated heterocycles. The maximum absolute atomic E-state index is 12.1. The fourth-order valence-electron chi connectivity index (χ4n) is 1.61. The van der Waals surface area contributed by atoms with Gasteiger partial charge in [-0.3, -0.25) is 4.79 Å². The number of aryl methyl sites for hydroxylation is 1. The first-order valence-electron chi connectivity index (χ1n) is 5.47. The van der Waals surface area contributed by atoms with Crippen molar-refractivity contribution in [2.75, 3.05) is 11.1 Å². The van der Waals surface area contributed by atoms with E-state index >= 15 is 0 Å². The number of nitrogens with one attached hydrogen (secondary N) is 1. The summed E-state index contributed by atoms with van der Waals surface area (Å²) in [5, 5.41) is 3.14. The largest absolute Gasteiger partial charge is 0.399 e. The molecule has 1 aromatic heterocycles. The summed E-state index contributed by atoms with van der Waals surface area (Å²) in [6.07, 6.45) is 0. The van der Waals surface area contributed by atoms with Gasteiger partial charge in [0.2, 0.25) is 0 Å². The summed E-state index contributed by atoms with van der Waals surface area (Å²) in [6.45, 7) is 1.79. The number of amides is 1. The van der Waals surface area contributed by atoms with Crippen molar-refractivity contribution >= 4 is 40.5 Å². The molecule has 0 aliphatic carbocycles. The van der Waals surface area contributed by atoms with E-state index in [0.29, 0.717) is 16.9 Å². The third-order valence-corrected chi connectivity index (χ3v) is 3.00. The molecule has 0 saturated carbocycles. The zero-order valence-corrected chi connectivity index (χ0v) is 11.6. The molecule has 4 nitrogen and oxygen atoms in total. The average molecular weight is 296 g/mol. The molecule has 1 amide bonds. The number of nitrogen functional groups attached to an aromatic ring is 1. The van der Waals surface area contributed by atoms with Gasteiger partial charge in [-0.15, -0.1) is 0 Å². The molecule has 0 spiro atoms. The molecule has 1 aromatic carbocycles. The number of anilines is 2. The second-order valence-corrected chi connectivity index (χ2v) is 4.75. The molecule has 1 heterocycles. The summed E-state index contributed by atoms with van der Waals surface area (Å²) in [5.74, 6) is -0.304. The highest BCUT2D eigenvalue weighted by molar-refractivity contribution is 6.35. The molecule has 0 unspecified atom stereocenters. The molecule has 0 aliphatic heterocycles. The van der Waals surface area contributed by atoms with Gasteiger partial charge in [-0.2, -0.15) is 0 Å². The van der Waals surface area contributed by atoms with Gasteiger partial charge in [0, 0.05) is 11.3 Å². The minimum Gasteiger partial charge on any atom is -0.399 e. The van der Waals surface area contributed by atoms with Gasteiger partial charge in [-0.25, -0.2) is 4.98 Å². The molecule has 0 bridgehead atoms. The van der Waals surface area contributed by atoms with E-state index in [1.807, 2.05) is 0 Å². The molecule has 6 heteroatoms. The Morgan fingerprint density at radius 3 is 2.68 bits per heavy atom. The van der Waals surface area contributed by atoms with Gasteiger partial charge in [-0.1, -0.05) is 29.3 Å². The van der Waals surface area contributed by atoms with Gasteiger partial charge < -0.3 is 11.1 Å². The van der Waals surface area contributed by atoms with Crippen LogP contribution >= 0.6 is 23.2 Å². The third-order valence-electron chi connectivity index (χ3n) is 2.53. The van der Waals surface area contributed by atoms with Crippen molar-refractivity contribution in [1.29, 1.82) is 0 Å². The predicted octanol–water partition coefficient (Wildman–Crippen LogP) is 3.53. The lowest BCUT2D eigenvalue weighted by Crippen LogP contribution is -2.13. The zero-order chi connectivity index (χ0) is 14.0. The van der Waals surface area contributed by atoms with E-state index in [1.165, 1.54) is 0 Å². The monoisotopic (exact) mass is 295 g/mol. The van der Waals surface area contributed by atoms with Crippen LogP contribution in [-0.2, 0) is 0 Å². The van der Waals surface area contributed by atoms with Crippen molar-refractivity contribution in [3.8, 4) is 0 Å². The van der Waals surface area contributed by atoms with Crippen LogP contribution in [0.25, 0.3) is 0 Å². The van der Waals surface area contributed by atoms with Crippen LogP contribution in [0.1, 0.15) is 15.9 Å². The van der Waals surface area contributed by atoms with Gasteiger partial charge in [0.15, 0.2) is 5.15 Å². The van der Waals surface area contributed by atoms with Gasteiger partial charge in [0.1, 0.15) is 5.15 Å². The molecule has 98 valence electrons. The number of benzene rings is 1. The van der Waals surface area contributed by atoms with Crippen molar-refractivity contribution in [3.05, 3.63) is 51.8 Å². The normalized spacial score (nSPS) is 10.3. The van der Waals surface area contributed by atoms with Crippen LogP contribution in [-0.4, -0.2) is 10.9 Å². The quantitative estimate of drug-likeness (QED) is 0.658. The molecule has 2 aromatic rings. The maximum atomic E-state index is 12.1. The van der Waals surface area contributed by atoms with Gasteiger partial charge in [-0.05, 0) is 36.8 Å². The summed E-state index contributed by atoms with van der Waals surface area (Å²) in [5.41, 5.74) is 7.78. The van der Waals surface area contributed by atoms with Crippen molar-refractivity contribution in [3.63, 3.8) is 0 Å². The Morgan fingerprint density at radius 2 is 2.05 bits per heavy atom. The summed E-state index contributed by atoms with van der Waals surface area (Å²) in [4.78, 5) is 16.0. The summed E-state index contributed by atoms with van der Waals surface area (Å²) in [7, 11) is 0. The molecule has 3 N–H and O–H groups in total. The van der Waals surface area contributed by atoms with Crippen LogP contribution in [0.3, 0.4) is 0 Å². The van der Waals surface area contributed by atoms with Crippen molar-refractivity contribution in [1.82, 2.24) is 4.98 Å². The van der Waals surface area contributed by atoms with E-state index in [9.17, 15) is 4.79 Å². The summed E-state index contributed by atoms with van der Waals surface area (Å²) < 4.78 is 0. The zero-order valence-electron chi connectivity index (χ0n) is 10.1. The number of hydrogen-bond acceptors (Lipinski definition) is 3. The SMILES string of the molecule is Cc1cc(Cl)nc(Cl)c1NC(=O)c1cccc(N)c1. The predicted molar refractivity (Wildman–Crippen MR) is 77.8 cm³/mol. The molecular weight excluding hydrogens is 285 g/mol. The van der Waals surface area contributed by atoms with Gasteiger partial charge in [0.05, 0.1) is 5.69 Å². The standard InChI is InChI=1S/C13H11Cl2N3O/c1-7-5-10(14)17-12(15)11(7)18-13(19)8-3-2-4-9(16)6-8/h2-6H,16H2,1H3,(H,18,19). The molecule has 0 fully saturated rings. The minimum atomic E-state index is -0.304. The summed E-state index contributed by atoms with van der Waals surface area (Å²) in [6, 6.07) is 8.29. The number of halogens is 2. The maximum Gasteiger partial charge on any atom is 0.255 e. The first-order valence-corrected chi connectivity index (χ1v) is 6.22. The van der Waals surface area contributed by atoms with E-state index in [-0.39, 0.29) is 16.2 Å². The molecule has 19 heavy (non-hydrogen) atoms. The lowest BCUT2D eigenvalue weighted by molar-refractivity contribution is 0.102. The van der Waals surface area contributed by atoms with Crippen LogP contribution in [0.15, 0.2) is 30.3 Å². The lowest BCUT2D eigenvalue weighted by atomic mass is 10.2. The van der Waals surface area contributed by atoms with Gasteiger partial charge in [0.25, 0.3) is 5.91 Å². The number of aromatic nitrogens is 1. The van der Waals surface area contributed by atoms with E-state index in [1.54, 1.807) is 37.3 Å². The van der Waals surface area contributed by atoms with Crippen LogP contribution in [0.4, 0.5) is 11.4 Å². The Balaban J connectivity index is 2.29. The third kappa shape index (κ3) is 3.16. The van der Waals surface area contributed by atoms with Crippen molar-refractivity contribution in [2.45, 2.75) is 6.92 Å². The molecule has 0 aliphatic rings. The highest BCUT2D eigenvalue weighted by Crippen LogP contribution is 2.27. The van der Waals surface area contributed by atoms with Crippen molar-refractivity contribution < 1.29 is 4.79 Å². The summed E-state index contributed by atoms with van der Waals surface area (Å²) >= 11 is 11.7. The second-order valence-electron chi connectivity index (χ2n) is 4.01. The Hall–Kier alpha value is -1.78. The molecule has 2 rings (SSSR count). The Kier molecular flexibility index (Phi) is 3.93. The van der Waals surface area contributed by atoms with Gasteiger partial charge >= 0.3 is 0 Å². The number of nitrogens with two attached hydrogens (primary N) is 1. The topological polar surface area (TPSA) is 68.0 Å². The van der Waals surface area contributed by atoms with E-state index in [2.05, 4.69) is 10.3 Å². The first-order chi connectivity index (χ1) is 8.97.